The van der Waals surface area contributed by atoms with Gasteiger partial charge < -0.3 is 25.4 Å². The SMILES string of the molecule is Cc1[nH]c(C(=O)NC2CCN(C(=O)O)CC2C(=O)O)c(Cl)c1Cl. The summed E-state index contributed by atoms with van der Waals surface area (Å²) in [6.45, 7) is 1.60. The molecule has 2 atom stereocenters. The molecule has 8 nitrogen and oxygen atoms in total. The summed E-state index contributed by atoms with van der Waals surface area (Å²) in [5.74, 6) is -2.79. The third kappa shape index (κ3) is 3.53. The Morgan fingerprint density at radius 3 is 2.39 bits per heavy atom. The Labute approximate surface area is 141 Å². The molecule has 0 aliphatic carbocycles. The van der Waals surface area contributed by atoms with Crippen LogP contribution in [0.3, 0.4) is 0 Å². The maximum atomic E-state index is 12.3. The molecule has 1 aliphatic rings. The van der Waals surface area contributed by atoms with Crippen LogP contribution in [0.15, 0.2) is 0 Å². The van der Waals surface area contributed by atoms with Gasteiger partial charge in [0.25, 0.3) is 5.91 Å². The average molecular weight is 364 g/mol. The van der Waals surface area contributed by atoms with Crippen molar-refractivity contribution in [1.82, 2.24) is 15.2 Å². The molecule has 0 bridgehead atoms. The topological polar surface area (TPSA) is 123 Å². The summed E-state index contributed by atoms with van der Waals surface area (Å²) in [6.07, 6.45) is -0.990. The van der Waals surface area contributed by atoms with E-state index in [1.165, 1.54) is 0 Å². The van der Waals surface area contributed by atoms with Crippen molar-refractivity contribution in [3.63, 3.8) is 0 Å². The maximum Gasteiger partial charge on any atom is 0.407 e. The van der Waals surface area contributed by atoms with E-state index in [1.54, 1.807) is 6.92 Å². The summed E-state index contributed by atoms with van der Waals surface area (Å²) in [4.78, 5) is 38.4. The number of aliphatic carboxylic acids is 1. The van der Waals surface area contributed by atoms with Gasteiger partial charge in [0, 0.05) is 24.8 Å². The Hall–Kier alpha value is -1.93. The van der Waals surface area contributed by atoms with Crippen LogP contribution in [0.1, 0.15) is 22.6 Å². The molecular weight excluding hydrogens is 349 g/mol. The molecule has 126 valence electrons. The third-order valence-corrected chi connectivity index (χ3v) is 4.75. The number of nitrogens with zero attached hydrogens (tertiary/aromatic N) is 1. The second-order valence-corrected chi connectivity index (χ2v) is 6.05. The average Bonchev–Trinajstić information content (AvgIpc) is 2.74. The lowest BCUT2D eigenvalue weighted by molar-refractivity contribution is -0.144. The molecule has 1 fully saturated rings. The van der Waals surface area contributed by atoms with Crippen LogP contribution in [-0.4, -0.2) is 57.2 Å². The minimum Gasteiger partial charge on any atom is -0.481 e. The number of carbonyl (C=O) groups excluding carboxylic acids is 1. The first kappa shape index (κ1) is 17.4. The number of amides is 2. The van der Waals surface area contributed by atoms with Crippen molar-refractivity contribution in [3.8, 4) is 0 Å². The van der Waals surface area contributed by atoms with Gasteiger partial charge in [-0.25, -0.2) is 4.79 Å². The van der Waals surface area contributed by atoms with Crippen molar-refractivity contribution in [2.75, 3.05) is 13.1 Å². The Kier molecular flexibility index (Phi) is 5.06. The number of aromatic amines is 1. The van der Waals surface area contributed by atoms with Crippen molar-refractivity contribution in [2.45, 2.75) is 19.4 Å². The quantitative estimate of drug-likeness (QED) is 0.652. The van der Waals surface area contributed by atoms with Crippen LogP contribution in [0, 0.1) is 12.8 Å². The van der Waals surface area contributed by atoms with Gasteiger partial charge in [-0.05, 0) is 13.3 Å². The Bertz CT molecular complexity index is 660. The third-order valence-electron chi connectivity index (χ3n) is 3.80. The van der Waals surface area contributed by atoms with E-state index in [0.29, 0.717) is 5.69 Å². The highest BCUT2D eigenvalue weighted by atomic mass is 35.5. The standard InChI is InChI=1S/C13H15Cl2N3O5/c1-5-8(14)9(15)10(16-5)11(19)17-7-2-3-18(13(22)23)4-6(7)12(20)21/h6-7,16H,2-4H2,1H3,(H,17,19)(H,20,21)(H,22,23). The summed E-state index contributed by atoms with van der Waals surface area (Å²) >= 11 is 11.9. The van der Waals surface area contributed by atoms with Crippen molar-refractivity contribution in [3.05, 3.63) is 21.4 Å². The molecule has 23 heavy (non-hydrogen) atoms. The molecule has 1 aliphatic heterocycles. The number of aromatic nitrogens is 1. The zero-order valence-electron chi connectivity index (χ0n) is 12.1. The molecular formula is C13H15Cl2N3O5. The fourth-order valence-electron chi connectivity index (χ4n) is 2.52. The van der Waals surface area contributed by atoms with Crippen LogP contribution in [0.5, 0.6) is 0 Å². The number of carboxylic acids is 1. The fourth-order valence-corrected chi connectivity index (χ4v) is 2.93. The Morgan fingerprint density at radius 2 is 1.91 bits per heavy atom. The van der Waals surface area contributed by atoms with E-state index >= 15 is 0 Å². The zero-order valence-corrected chi connectivity index (χ0v) is 13.6. The van der Waals surface area contributed by atoms with E-state index in [-0.39, 0.29) is 35.2 Å². The smallest absolute Gasteiger partial charge is 0.407 e. The number of rotatable bonds is 3. The van der Waals surface area contributed by atoms with Gasteiger partial charge in [0.05, 0.1) is 16.0 Å². The number of hydrogen-bond donors (Lipinski definition) is 4. The van der Waals surface area contributed by atoms with E-state index in [1.807, 2.05) is 0 Å². The number of carboxylic acid groups (broad SMARTS) is 2. The molecule has 4 N–H and O–H groups in total. The molecule has 1 saturated heterocycles. The summed E-state index contributed by atoms with van der Waals surface area (Å²) in [5.41, 5.74) is 0.580. The zero-order chi connectivity index (χ0) is 17.3. The lowest BCUT2D eigenvalue weighted by atomic mass is 9.92. The first-order chi connectivity index (χ1) is 10.7. The van der Waals surface area contributed by atoms with Gasteiger partial charge >= 0.3 is 12.1 Å². The molecule has 10 heteroatoms. The first-order valence-corrected chi connectivity index (χ1v) is 7.53. The van der Waals surface area contributed by atoms with Gasteiger partial charge in [0.15, 0.2) is 0 Å². The van der Waals surface area contributed by atoms with Gasteiger partial charge in [-0.2, -0.15) is 0 Å². The molecule has 2 amide bonds. The molecule has 0 aromatic carbocycles. The van der Waals surface area contributed by atoms with Crippen LogP contribution in [0.2, 0.25) is 10.0 Å². The Morgan fingerprint density at radius 1 is 1.26 bits per heavy atom. The molecule has 2 rings (SSSR count). The van der Waals surface area contributed by atoms with Gasteiger partial charge in [0.2, 0.25) is 0 Å². The number of aryl methyl sites for hydroxylation is 1. The summed E-state index contributed by atoms with van der Waals surface area (Å²) in [6, 6.07) is -0.700. The number of piperidine rings is 1. The van der Waals surface area contributed by atoms with Crippen molar-refractivity contribution in [1.29, 1.82) is 0 Å². The summed E-state index contributed by atoms with van der Waals surface area (Å²) < 4.78 is 0. The van der Waals surface area contributed by atoms with Gasteiger partial charge in [-0.15, -0.1) is 0 Å². The largest absolute Gasteiger partial charge is 0.481 e. The lowest BCUT2D eigenvalue weighted by Gasteiger charge is -2.35. The fraction of sp³-hybridized carbons (Fsp3) is 0.462. The number of hydrogen-bond acceptors (Lipinski definition) is 3. The van der Waals surface area contributed by atoms with Crippen LogP contribution in [0.4, 0.5) is 4.79 Å². The predicted octanol–water partition coefficient (Wildman–Crippen LogP) is 1.81. The van der Waals surface area contributed by atoms with Gasteiger partial charge in [0.1, 0.15) is 5.69 Å². The number of nitrogens with one attached hydrogen (secondary N) is 2. The van der Waals surface area contributed by atoms with Crippen molar-refractivity contribution in [2.24, 2.45) is 5.92 Å². The molecule has 1 aromatic rings. The van der Waals surface area contributed by atoms with Crippen LogP contribution in [0.25, 0.3) is 0 Å². The van der Waals surface area contributed by atoms with E-state index < -0.39 is 29.9 Å². The maximum absolute atomic E-state index is 12.3. The molecule has 2 heterocycles. The predicted molar refractivity (Wildman–Crippen MR) is 82.1 cm³/mol. The normalized spacial score (nSPS) is 21.1. The molecule has 1 aromatic heterocycles. The van der Waals surface area contributed by atoms with E-state index in [2.05, 4.69) is 10.3 Å². The minimum absolute atomic E-state index is 0.0546. The van der Waals surface area contributed by atoms with Gasteiger partial charge in [-0.3, -0.25) is 9.59 Å². The number of H-pyrrole nitrogens is 1. The minimum atomic E-state index is -1.18. The van der Waals surface area contributed by atoms with Crippen LogP contribution in [-0.2, 0) is 4.79 Å². The van der Waals surface area contributed by atoms with E-state index in [9.17, 15) is 19.5 Å². The molecule has 0 saturated carbocycles. The monoisotopic (exact) mass is 363 g/mol. The van der Waals surface area contributed by atoms with Crippen molar-refractivity contribution >= 4 is 41.2 Å². The van der Waals surface area contributed by atoms with E-state index in [0.717, 1.165) is 4.90 Å². The molecule has 2 unspecified atom stereocenters. The van der Waals surface area contributed by atoms with Gasteiger partial charge in [-0.1, -0.05) is 23.2 Å². The molecule has 0 spiro atoms. The molecule has 0 radical (unpaired) electrons. The summed E-state index contributed by atoms with van der Waals surface area (Å²) in [7, 11) is 0. The summed E-state index contributed by atoms with van der Waals surface area (Å²) in [5, 5.41) is 21.1. The van der Waals surface area contributed by atoms with E-state index in [4.69, 9.17) is 28.3 Å². The highest BCUT2D eigenvalue weighted by Gasteiger charge is 2.37. The highest BCUT2D eigenvalue weighted by Crippen LogP contribution is 2.29. The Balaban J connectivity index is 2.14. The lowest BCUT2D eigenvalue weighted by Crippen LogP contribution is -2.54. The van der Waals surface area contributed by atoms with Crippen LogP contribution >= 0.6 is 23.2 Å². The second kappa shape index (κ2) is 6.67. The number of likely N-dealkylation sites (tertiary alicyclic amines) is 1. The van der Waals surface area contributed by atoms with Crippen molar-refractivity contribution < 1.29 is 24.6 Å². The first-order valence-electron chi connectivity index (χ1n) is 6.77. The number of carbonyl (C=O) groups is 3. The second-order valence-electron chi connectivity index (χ2n) is 5.29. The number of halogens is 2. The highest BCUT2D eigenvalue weighted by molar-refractivity contribution is 6.44. The van der Waals surface area contributed by atoms with Crippen LogP contribution < -0.4 is 5.32 Å².